The molecule has 1 N–H and O–H groups in total. The maximum Gasteiger partial charge on any atom is 0.411 e. The number of nitrogens with one attached hydrogen (secondary N) is 1. The summed E-state index contributed by atoms with van der Waals surface area (Å²) in [7, 11) is 0. The van der Waals surface area contributed by atoms with Crippen LogP contribution in [0.1, 0.15) is 12.8 Å². The molecule has 2 rings (SSSR count). The molecule has 2 atom stereocenters. The molecule has 2 aliphatic heterocycles. The maximum atomic E-state index is 11.8. The molecule has 0 aliphatic carbocycles. The number of alkyl halides is 3. The van der Waals surface area contributed by atoms with E-state index in [2.05, 4.69) is 15.0 Å². The minimum atomic E-state index is -4.24. The zero-order chi connectivity index (χ0) is 13.7. The molecule has 2 saturated heterocycles. The largest absolute Gasteiger partial charge is 0.411 e. The third kappa shape index (κ3) is 5.25. The average Bonchev–Trinajstić information content (AvgIpc) is 2.79. The van der Waals surface area contributed by atoms with E-state index in [1.165, 1.54) is 12.8 Å². The molecule has 0 aromatic carbocycles. The van der Waals surface area contributed by atoms with Gasteiger partial charge in [0.1, 0.15) is 6.61 Å². The quantitative estimate of drug-likeness (QED) is 0.738. The van der Waals surface area contributed by atoms with Crippen molar-refractivity contribution in [2.75, 3.05) is 46.0 Å². The van der Waals surface area contributed by atoms with Crippen molar-refractivity contribution in [2.24, 2.45) is 0 Å². The Morgan fingerprint density at radius 2 is 2.21 bits per heavy atom. The highest BCUT2D eigenvalue weighted by Crippen LogP contribution is 2.22. The highest BCUT2D eigenvalue weighted by molar-refractivity contribution is 4.85. The molecular weight excluding hydrogens is 261 g/mol. The number of hydrogen-bond donors (Lipinski definition) is 1. The van der Waals surface area contributed by atoms with Crippen LogP contribution in [0, 0.1) is 0 Å². The summed E-state index contributed by atoms with van der Waals surface area (Å²) in [6, 6.07) is 0.575. The molecule has 2 unspecified atom stereocenters. The fourth-order valence-corrected chi connectivity index (χ4v) is 2.60. The predicted molar refractivity (Wildman–Crippen MR) is 64.1 cm³/mol. The standard InChI is InChI=1S/C12H21F3N2O2/c13-12(14,15)9-18-5-3-16-6-11-7-17-4-1-2-10(17)8-19-11/h10-11,16H,1-9H2. The lowest BCUT2D eigenvalue weighted by atomic mass is 10.2. The van der Waals surface area contributed by atoms with Crippen molar-refractivity contribution in [3.8, 4) is 0 Å². The summed E-state index contributed by atoms with van der Waals surface area (Å²) in [4.78, 5) is 2.44. The first-order chi connectivity index (χ1) is 9.04. The van der Waals surface area contributed by atoms with Crippen molar-refractivity contribution in [1.82, 2.24) is 10.2 Å². The summed E-state index contributed by atoms with van der Waals surface area (Å²) >= 11 is 0. The summed E-state index contributed by atoms with van der Waals surface area (Å²) < 4.78 is 45.7. The van der Waals surface area contributed by atoms with E-state index in [-0.39, 0.29) is 12.7 Å². The molecule has 0 bridgehead atoms. The Morgan fingerprint density at radius 1 is 1.37 bits per heavy atom. The van der Waals surface area contributed by atoms with Crippen LogP contribution in [-0.2, 0) is 9.47 Å². The van der Waals surface area contributed by atoms with Gasteiger partial charge in [-0.25, -0.2) is 0 Å². The van der Waals surface area contributed by atoms with Gasteiger partial charge in [-0.2, -0.15) is 13.2 Å². The van der Waals surface area contributed by atoms with Gasteiger partial charge in [-0.05, 0) is 19.4 Å². The predicted octanol–water partition coefficient (Wildman–Crippen LogP) is 1.02. The van der Waals surface area contributed by atoms with Crippen LogP contribution in [0.2, 0.25) is 0 Å². The second-order valence-electron chi connectivity index (χ2n) is 5.12. The van der Waals surface area contributed by atoms with E-state index in [9.17, 15) is 13.2 Å². The highest BCUT2D eigenvalue weighted by Gasteiger charge is 2.31. The Bertz CT molecular complexity index is 276. The van der Waals surface area contributed by atoms with Crippen LogP contribution in [0.4, 0.5) is 13.2 Å². The molecule has 0 aromatic heterocycles. The van der Waals surface area contributed by atoms with Crippen LogP contribution in [0.5, 0.6) is 0 Å². The third-order valence-corrected chi connectivity index (χ3v) is 3.52. The van der Waals surface area contributed by atoms with Gasteiger partial charge in [-0.15, -0.1) is 0 Å². The topological polar surface area (TPSA) is 33.7 Å². The average molecular weight is 282 g/mol. The monoisotopic (exact) mass is 282 g/mol. The summed E-state index contributed by atoms with van der Waals surface area (Å²) in [5.41, 5.74) is 0. The van der Waals surface area contributed by atoms with Crippen LogP contribution in [0.25, 0.3) is 0 Å². The normalized spacial score (nSPS) is 28.6. The van der Waals surface area contributed by atoms with Crippen molar-refractivity contribution in [3.63, 3.8) is 0 Å². The number of nitrogens with zero attached hydrogens (tertiary/aromatic N) is 1. The fourth-order valence-electron chi connectivity index (χ4n) is 2.60. The van der Waals surface area contributed by atoms with Crippen LogP contribution >= 0.6 is 0 Å². The van der Waals surface area contributed by atoms with E-state index < -0.39 is 12.8 Å². The molecular formula is C12H21F3N2O2. The van der Waals surface area contributed by atoms with E-state index >= 15 is 0 Å². The van der Waals surface area contributed by atoms with Gasteiger partial charge in [0.2, 0.25) is 0 Å². The first-order valence-electron chi connectivity index (χ1n) is 6.75. The minimum Gasteiger partial charge on any atom is -0.374 e. The number of ether oxygens (including phenoxy) is 2. The van der Waals surface area contributed by atoms with Gasteiger partial charge in [0.15, 0.2) is 0 Å². The van der Waals surface area contributed by atoms with Crippen LogP contribution in [0.3, 0.4) is 0 Å². The summed E-state index contributed by atoms with van der Waals surface area (Å²) in [6.45, 7) is 2.80. The zero-order valence-corrected chi connectivity index (χ0v) is 10.9. The number of halogens is 3. The Kier molecular flexibility index (Phi) is 5.44. The zero-order valence-electron chi connectivity index (χ0n) is 10.9. The third-order valence-electron chi connectivity index (χ3n) is 3.52. The number of fused-ring (bicyclic) bond motifs is 1. The van der Waals surface area contributed by atoms with E-state index in [0.29, 0.717) is 19.1 Å². The van der Waals surface area contributed by atoms with Gasteiger partial charge >= 0.3 is 6.18 Å². The van der Waals surface area contributed by atoms with Crippen molar-refractivity contribution in [1.29, 1.82) is 0 Å². The van der Waals surface area contributed by atoms with Crippen LogP contribution in [0.15, 0.2) is 0 Å². The Balaban J connectivity index is 1.49. The Morgan fingerprint density at radius 3 is 3.00 bits per heavy atom. The van der Waals surface area contributed by atoms with Crippen molar-refractivity contribution in [2.45, 2.75) is 31.2 Å². The van der Waals surface area contributed by atoms with E-state index in [4.69, 9.17) is 4.74 Å². The first kappa shape index (κ1) is 15.0. The Hall–Kier alpha value is -0.370. The van der Waals surface area contributed by atoms with Gasteiger partial charge in [0.25, 0.3) is 0 Å². The van der Waals surface area contributed by atoms with Crippen molar-refractivity contribution < 1.29 is 22.6 Å². The van der Waals surface area contributed by atoms with E-state index in [1.807, 2.05) is 0 Å². The lowest BCUT2D eigenvalue weighted by Crippen LogP contribution is -2.49. The lowest BCUT2D eigenvalue weighted by Gasteiger charge is -2.35. The van der Waals surface area contributed by atoms with Gasteiger partial charge in [-0.3, -0.25) is 4.90 Å². The second kappa shape index (κ2) is 6.88. The maximum absolute atomic E-state index is 11.8. The minimum absolute atomic E-state index is 0.0680. The van der Waals surface area contributed by atoms with Crippen molar-refractivity contribution >= 4 is 0 Å². The smallest absolute Gasteiger partial charge is 0.374 e. The molecule has 0 saturated carbocycles. The molecule has 0 radical (unpaired) electrons. The van der Waals surface area contributed by atoms with Gasteiger partial charge in [-0.1, -0.05) is 0 Å². The van der Waals surface area contributed by atoms with Gasteiger partial charge in [0, 0.05) is 25.7 Å². The van der Waals surface area contributed by atoms with Crippen LogP contribution < -0.4 is 5.32 Å². The molecule has 7 heteroatoms. The molecule has 2 aliphatic rings. The molecule has 112 valence electrons. The highest BCUT2D eigenvalue weighted by atomic mass is 19.4. The summed E-state index contributed by atoms with van der Waals surface area (Å²) in [5.74, 6) is 0. The molecule has 4 nitrogen and oxygen atoms in total. The van der Waals surface area contributed by atoms with E-state index in [1.54, 1.807) is 0 Å². The number of hydrogen-bond acceptors (Lipinski definition) is 4. The first-order valence-corrected chi connectivity index (χ1v) is 6.75. The van der Waals surface area contributed by atoms with Gasteiger partial charge in [0.05, 0.1) is 19.3 Å². The molecule has 0 spiro atoms. The molecule has 0 amide bonds. The Labute approximate surface area is 111 Å². The lowest BCUT2D eigenvalue weighted by molar-refractivity contribution is -0.173. The second-order valence-corrected chi connectivity index (χ2v) is 5.12. The molecule has 2 fully saturated rings. The fraction of sp³-hybridized carbons (Fsp3) is 1.00. The number of morpholine rings is 1. The molecule has 2 heterocycles. The van der Waals surface area contributed by atoms with Crippen LogP contribution in [-0.4, -0.2) is 69.2 Å². The molecule has 19 heavy (non-hydrogen) atoms. The molecule has 0 aromatic rings. The SMILES string of the molecule is FC(F)(F)COCCNCC1CN2CCCC2CO1. The van der Waals surface area contributed by atoms with E-state index in [0.717, 1.165) is 19.7 Å². The van der Waals surface area contributed by atoms with Crippen molar-refractivity contribution in [3.05, 3.63) is 0 Å². The summed E-state index contributed by atoms with van der Waals surface area (Å²) in [5, 5.41) is 3.08. The van der Waals surface area contributed by atoms with Gasteiger partial charge < -0.3 is 14.8 Å². The number of rotatable bonds is 6. The summed E-state index contributed by atoms with van der Waals surface area (Å²) in [6.07, 6.45) is -1.65.